The number of methoxy groups -OCH3 is 2. The highest BCUT2D eigenvalue weighted by Gasteiger charge is 2.21. The summed E-state index contributed by atoms with van der Waals surface area (Å²) in [6, 6.07) is 29.1. The zero-order chi connectivity index (χ0) is 34.8. The molecular formula is C38H36N4O5S2. The molecule has 0 fully saturated rings. The van der Waals surface area contributed by atoms with Gasteiger partial charge >= 0.3 is 0 Å². The van der Waals surface area contributed by atoms with Crippen molar-refractivity contribution in [2.45, 2.75) is 30.4 Å². The number of hydrogen-bond donors (Lipinski definition) is 3. The van der Waals surface area contributed by atoms with E-state index in [1.54, 1.807) is 73.8 Å². The standard InChI is InChI=1S/C38H36N4O5S2/c1-5-34(37(45)42-38-41-32(23-48-38)25-16-14-24(2)15-17-25)49-30-13-9-12-28(22-30)39-36(44)31(40-35(43)26-10-7-6-8-11-26)21-27-20-29(46-3)18-19-33(27)47-4/h6-23,34H,5H2,1-4H3,(H,39,44)(H,40,43)(H,41,42,45)/b31-21+. The van der Waals surface area contributed by atoms with Crippen molar-refractivity contribution in [3.63, 3.8) is 0 Å². The van der Waals surface area contributed by atoms with Crippen molar-refractivity contribution in [3.05, 3.63) is 125 Å². The predicted molar refractivity (Wildman–Crippen MR) is 197 cm³/mol. The fraction of sp³-hybridized carbons (Fsp3) is 0.158. The van der Waals surface area contributed by atoms with Crippen LogP contribution in [-0.2, 0) is 9.59 Å². The number of carbonyl (C=O) groups is 3. The summed E-state index contributed by atoms with van der Waals surface area (Å²) in [5.74, 6) is -0.105. The van der Waals surface area contributed by atoms with Crippen molar-refractivity contribution in [2.24, 2.45) is 0 Å². The zero-order valence-corrected chi connectivity index (χ0v) is 29.1. The number of nitrogens with zero attached hydrogens (tertiary/aromatic N) is 1. The van der Waals surface area contributed by atoms with E-state index in [0.717, 1.165) is 16.2 Å². The fourth-order valence-electron chi connectivity index (χ4n) is 4.76. The van der Waals surface area contributed by atoms with E-state index in [1.807, 2.05) is 49.6 Å². The number of thioether (sulfide) groups is 1. The van der Waals surface area contributed by atoms with Crippen LogP contribution in [0.3, 0.4) is 0 Å². The molecule has 1 atom stereocenters. The van der Waals surface area contributed by atoms with E-state index in [2.05, 4.69) is 20.9 Å². The summed E-state index contributed by atoms with van der Waals surface area (Å²) in [7, 11) is 3.06. The lowest BCUT2D eigenvalue weighted by Crippen LogP contribution is -2.30. The molecule has 0 radical (unpaired) electrons. The third kappa shape index (κ3) is 9.37. The summed E-state index contributed by atoms with van der Waals surface area (Å²) in [6.45, 7) is 3.98. The van der Waals surface area contributed by atoms with Gasteiger partial charge in [-0.05, 0) is 68.0 Å². The minimum Gasteiger partial charge on any atom is -0.497 e. The van der Waals surface area contributed by atoms with E-state index in [9.17, 15) is 14.4 Å². The molecule has 250 valence electrons. The largest absolute Gasteiger partial charge is 0.497 e. The first kappa shape index (κ1) is 34.9. The van der Waals surface area contributed by atoms with Crippen LogP contribution in [0.2, 0.25) is 0 Å². The highest BCUT2D eigenvalue weighted by molar-refractivity contribution is 8.00. The van der Waals surface area contributed by atoms with Gasteiger partial charge in [-0.15, -0.1) is 23.1 Å². The summed E-state index contributed by atoms with van der Waals surface area (Å²) in [4.78, 5) is 45.5. The molecule has 0 saturated carbocycles. The van der Waals surface area contributed by atoms with E-state index in [0.29, 0.717) is 39.9 Å². The van der Waals surface area contributed by atoms with Gasteiger partial charge in [0.05, 0.1) is 25.2 Å². The van der Waals surface area contributed by atoms with Crippen molar-refractivity contribution in [1.82, 2.24) is 10.3 Å². The number of amides is 3. The lowest BCUT2D eigenvalue weighted by atomic mass is 10.1. The maximum absolute atomic E-state index is 13.7. The minimum atomic E-state index is -0.547. The van der Waals surface area contributed by atoms with Crippen LogP contribution < -0.4 is 25.4 Å². The molecular weight excluding hydrogens is 657 g/mol. The Bertz CT molecular complexity index is 1960. The molecule has 5 rings (SSSR count). The SMILES string of the molecule is CCC(Sc1cccc(NC(=O)/C(=C\c2cc(OC)ccc2OC)NC(=O)c2ccccc2)c1)C(=O)Nc1nc(-c2ccc(C)cc2)cs1. The highest BCUT2D eigenvalue weighted by atomic mass is 32.2. The van der Waals surface area contributed by atoms with Crippen LogP contribution in [0, 0.1) is 6.92 Å². The second kappa shape index (κ2) is 16.6. The monoisotopic (exact) mass is 692 g/mol. The lowest BCUT2D eigenvalue weighted by molar-refractivity contribution is -0.116. The molecule has 4 aromatic carbocycles. The molecule has 0 spiro atoms. The van der Waals surface area contributed by atoms with Crippen molar-refractivity contribution in [2.75, 3.05) is 24.9 Å². The average Bonchev–Trinajstić information content (AvgIpc) is 3.59. The van der Waals surface area contributed by atoms with Crippen LogP contribution in [0.1, 0.15) is 34.8 Å². The number of hydrogen-bond acceptors (Lipinski definition) is 8. The van der Waals surface area contributed by atoms with E-state index >= 15 is 0 Å². The van der Waals surface area contributed by atoms with Crippen LogP contribution in [0.4, 0.5) is 10.8 Å². The smallest absolute Gasteiger partial charge is 0.272 e. The normalized spacial score (nSPS) is 11.7. The Morgan fingerprint density at radius 3 is 2.39 bits per heavy atom. The number of carbonyl (C=O) groups excluding carboxylic acids is 3. The Kier molecular flexibility index (Phi) is 11.9. The molecule has 1 aromatic heterocycles. The topological polar surface area (TPSA) is 119 Å². The van der Waals surface area contributed by atoms with Crippen LogP contribution >= 0.6 is 23.1 Å². The number of benzene rings is 4. The van der Waals surface area contributed by atoms with Gasteiger partial charge < -0.3 is 25.4 Å². The molecule has 3 amide bonds. The molecule has 0 aliphatic heterocycles. The van der Waals surface area contributed by atoms with Gasteiger partial charge in [0.2, 0.25) is 5.91 Å². The molecule has 1 unspecified atom stereocenters. The van der Waals surface area contributed by atoms with E-state index in [1.165, 1.54) is 41.8 Å². The van der Waals surface area contributed by atoms with Crippen LogP contribution in [0.25, 0.3) is 17.3 Å². The second-order valence-corrected chi connectivity index (χ2v) is 13.0. The van der Waals surface area contributed by atoms with Gasteiger partial charge in [0, 0.05) is 32.7 Å². The van der Waals surface area contributed by atoms with Crippen LogP contribution in [0.5, 0.6) is 11.5 Å². The van der Waals surface area contributed by atoms with Gasteiger partial charge in [0.1, 0.15) is 17.2 Å². The van der Waals surface area contributed by atoms with Gasteiger partial charge in [-0.25, -0.2) is 4.98 Å². The zero-order valence-electron chi connectivity index (χ0n) is 27.5. The molecule has 9 nitrogen and oxygen atoms in total. The molecule has 49 heavy (non-hydrogen) atoms. The van der Waals surface area contributed by atoms with Gasteiger partial charge in [-0.1, -0.05) is 61.0 Å². The summed E-state index contributed by atoms with van der Waals surface area (Å²) in [5, 5.41) is 10.7. The molecule has 3 N–H and O–H groups in total. The van der Waals surface area contributed by atoms with E-state index in [-0.39, 0.29) is 11.6 Å². The van der Waals surface area contributed by atoms with Crippen molar-refractivity contribution >= 4 is 57.7 Å². The molecule has 5 aromatic rings. The Hall–Kier alpha value is -5.39. The number of rotatable bonds is 13. The number of aryl methyl sites for hydroxylation is 1. The number of ether oxygens (including phenoxy) is 2. The summed E-state index contributed by atoms with van der Waals surface area (Å²) in [5.41, 5.74) is 4.38. The van der Waals surface area contributed by atoms with Crippen LogP contribution in [-0.4, -0.2) is 42.2 Å². The third-order valence-electron chi connectivity index (χ3n) is 7.38. The highest BCUT2D eigenvalue weighted by Crippen LogP contribution is 2.31. The van der Waals surface area contributed by atoms with E-state index in [4.69, 9.17) is 9.47 Å². The maximum Gasteiger partial charge on any atom is 0.272 e. The predicted octanol–water partition coefficient (Wildman–Crippen LogP) is 8.05. The lowest BCUT2D eigenvalue weighted by Gasteiger charge is -2.15. The number of nitrogens with one attached hydrogen (secondary N) is 3. The first-order valence-electron chi connectivity index (χ1n) is 15.5. The molecule has 0 saturated heterocycles. The Morgan fingerprint density at radius 1 is 0.898 bits per heavy atom. The molecule has 1 heterocycles. The van der Waals surface area contributed by atoms with E-state index < -0.39 is 17.1 Å². The summed E-state index contributed by atoms with van der Waals surface area (Å²) >= 11 is 2.77. The minimum absolute atomic E-state index is 0.00210. The number of aromatic nitrogens is 1. The first-order chi connectivity index (χ1) is 23.8. The maximum atomic E-state index is 13.7. The van der Waals surface area contributed by atoms with Crippen LogP contribution in [0.15, 0.2) is 113 Å². The quantitative estimate of drug-likeness (QED) is 0.0844. The third-order valence-corrected chi connectivity index (χ3v) is 9.50. The average molecular weight is 693 g/mol. The Morgan fingerprint density at radius 2 is 1.67 bits per heavy atom. The van der Waals surface area contributed by atoms with Gasteiger partial charge in [-0.2, -0.15) is 0 Å². The molecule has 0 aliphatic rings. The fourth-order valence-corrected chi connectivity index (χ4v) is 6.49. The molecule has 0 bridgehead atoms. The van der Waals surface area contributed by atoms with Gasteiger partial charge in [-0.3, -0.25) is 14.4 Å². The first-order valence-corrected chi connectivity index (χ1v) is 17.2. The van der Waals surface area contributed by atoms with Crippen molar-refractivity contribution < 1.29 is 23.9 Å². The molecule has 11 heteroatoms. The summed E-state index contributed by atoms with van der Waals surface area (Å²) in [6.07, 6.45) is 2.11. The number of anilines is 2. The summed E-state index contributed by atoms with van der Waals surface area (Å²) < 4.78 is 10.9. The van der Waals surface area contributed by atoms with Gasteiger partial charge in [0.15, 0.2) is 5.13 Å². The Balaban J connectivity index is 1.31. The molecule has 0 aliphatic carbocycles. The van der Waals surface area contributed by atoms with Crippen molar-refractivity contribution in [1.29, 1.82) is 0 Å². The van der Waals surface area contributed by atoms with Crippen molar-refractivity contribution in [3.8, 4) is 22.8 Å². The number of thiazole rings is 1. The van der Waals surface area contributed by atoms with Gasteiger partial charge in [0.25, 0.3) is 11.8 Å². The Labute approximate surface area is 293 Å². The second-order valence-electron chi connectivity index (χ2n) is 10.9.